The van der Waals surface area contributed by atoms with Crippen LogP contribution in [0.25, 0.3) is 16.6 Å². The van der Waals surface area contributed by atoms with E-state index in [9.17, 15) is 0 Å². The average molecular weight is 367 g/mol. The molecule has 0 unspecified atom stereocenters. The maximum atomic E-state index is 5.01. The molecule has 1 atom stereocenters. The van der Waals surface area contributed by atoms with Gasteiger partial charge in [0.25, 0.3) is 0 Å². The van der Waals surface area contributed by atoms with Gasteiger partial charge in [0.15, 0.2) is 0 Å². The molecule has 4 rings (SSSR count). The Bertz CT molecular complexity index is 856. The molecule has 3 heterocycles. The standard InChI is InChI=1S/C23H34N4/c1-16-7-10-20(24-14-16)17-8-9-18-15-27(25-21(18)11-17)19-12-22(2,3)26(6)23(4,5)13-19/h8-11,15-16,19,24H,7,12-14H2,1-6H3/t16-/m0/s1. The summed E-state index contributed by atoms with van der Waals surface area (Å²) in [6.07, 6.45) is 7.96. The summed E-state index contributed by atoms with van der Waals surface area (Å²) in [6.45, 7) is 12.7. The van der Waals surface area contributed by atoms with Crippen LogP contribution in [0.15, 0.2) is 30.5 Å². The van der Waals surface area contributed by atoms with Gasteiger partial charge >= 0.3 is 0 Å². The summed E-state index contributed by atoms with van der Waals surface area (Å²) in [5.41, 5.74) is 3.95. The molecule has 0 saturated carbocycles. The van der Waals surface area contributed by atoms with Gasteiger partial charge < -0.3 is 5.32 Å². The van der Waals surface area contributed by atoms with E-state index in [0.29, 0.717) is 12.0 Å². The zero-order valence-corrected chi connectivity index (χ0v) is 17.7. The first-order valence-corrected chi connectivity index (χ1v) is 10.3. The Morgan fingerprint density at radius 2 is 1.81 bits per heavy atom. The molecule has 27 heavy (non-hydrogen) atoms. The molecular formula is C23H34N4. The Morgan fingerprint density at radius 1 is 1.11 bits per heavy atom. The number of allylic oxidation sites excluding steroid dienone is 1. The summed E-state index contributed by atoms with van der Waals surface area (Å²) in [5.74, 6) is 0.716. The highest BCUT2D eigenvalue weighted by molar-refractivity contribution is 5.82. The van der Waals surface area contributed by atoms with Crippen molar-refractivity contribution in [2.75, 3.05) is 13.6 Å². The van der Waals surface area contributed by atoms with Crippen LogP contribution in [0.5, 0.6) is 0 Å². The highest BCUT2D eigenvalue weighted by Gasteiger charge is 2.43. The third kappa shape index (κ3) is 3.40. The van der Waals surface area contributed by atoms with Crippen LogP contribution in [0.1, 0.15) is 65.5 Å². The van der Waals surface area contributed by atoms with Gasteiger partial charge in [-0.2, -0.15) is 5.10 Å². The smallest absolute Gasteiger partial charge is 0.0930 e. The predicted octanol–water partition coefficient (Wildman–Crippen LogP) is 4.83. The van der Waals surface area contributed by atoms with E-state index in [1.54, 1.807) is 0 Å². The van der Waals surface area contributed by atoms with Crippen molar-refractivity contribution in [3.05, 3.63) is 36.0 Å². The molecule has 0 spiro atoms. The van der Waals surface area contributed by atoms with E-state index >= 15 is 0 Å². The number of benzene rings is 1. The average Bonchev–Trinajstić information content (AvgIpc) is 3.03. The van der Waals surface area contributed by atoms with Gasteiger partial charge in [0.2, 0.25) is 0 Å². The zero-order chi connectivity index (χ0) is 19.4. The number of fused-ring (bicyclic) bond motifs is 1. The third-order valence-electron chi connectivity index (χ3n) is 6.86. The maximum absolute atomic E-state index is 5.01. The zero-order valence-electron chi connectivity index (χ0n) is 17.7. The summed E-state index contributed by atoms with van der Waals surface area (Å²) in [5, 5.41) is 9.81. The van der Waals surface area contributed by atoms with Crippen molar-refractivity contribution in [1.82, 2.24) is 20.0 Å². The van der Waals surface area contributed by atoms with Crippen molar-refractivity contribution in [3.8, 4) is 0 Å². The topological polar surface area (TPSA) is 33.1 Å². The minimum Gasteiger partial charge on any atom is -0.385 e. The molecule has 2 aliphatic heterocycles. The molecule has 0 radical (unpaired) electrons. The van der Waals surface area contributed by atoms with E-state index in [-0.39, 0.29) is 11.1 Å². The number of aromatic nitrogens is 2. The molecule has 0 bridgehead atoms. The minimum absolute atomic E-state index is 0.170. The first-order valence-electron chi connectivity index (χ1n) is 10.3. The van der Waals surface area contributed by atoms with Gasteiger partial charge in [-0.15, -0.1) is 0 Å². The minimum atomic E-state index is 0.170. The van der Waals surface area contributed by atoms with Crippen molar-refractivity contribution in [2.45, 2.75) is 71.0 Å². The molecule has 1 aromatic heterocycles. The lowest BCUT2D eigenvalue weighted by atomic mass is 9.77. The predicted molar refractivity (Wildman–Crippen MR) is 114 cm³/mol. The summed E-state index contributed by atoms with van der Waals surface area (Å²) in [6, 6.07) is 7.13. The quantitative estimate of drug-likeness (QED) is 0.826. The molecule has 2 aromatic rings. The van der Waals surface area contributed by atoms with Crippen LogP contribution in [-0.2, 0) is 0 Å². The normalized spacial score (nSPS) is 26.0. The Balaban J connectivity index is 1.64. The summed E-state index contributed by atoms with van der Waals surface area (Å²) in [7, 11) is 2.26. The lowest BCUT2D eigenvalue weighted by molar-refractivity contribution is -0.0284. The van der Waals surface area contributed by atoms with E-state index in [1.807, 2.05) is 0 Å². The van der Waals surface area contributed by atoms with Gasteiger partial charge in [-0.3, -0.25) is 9.58 Å². The van der Waals surface area contributed by atoms with Gasteiger partial charge in [0.05, 0.1) is 11.6 Å². The second kappa shape index (κ2) is 6.37. The number of nitrogens with zero attached hydrogens (tertiary/aromatic N) is 3. The van der Waals surface area contributed by atoms with E-state index in [4.69, 9.17) is 5.10 Å². The van der Waals surface area contributed by atoms with Crippen LogP contribution in [-0.4, -0.2) is 39.4 Å². The fourth-order valence-corrected chi connectivity index (χ4v) is 4.87. The van der Waals surface area contributed by atoms with Crippen molar-refractivity contribution < 1.29 is 0 Å². The Kier molecular flexibility index (Phi) is 4.38. The highest BCUT2D eigenvalue weighted by Crippen LogP contribution is 2.42. The monoisotopic (exact) mass is 366 g/mol. The molecule has 2 aliphatic rings. The van der Waals surface area contributed by atoms with E-state index in [1.165, 1.54) is 16.6 Å². The molecule has 0 aliphatic carbocycles. The number of likely N-dealkylation sites (tertiary alicyclic amines) is 1. The van der Waals surface area contributed by atoms with Crippen molar-refractivity contribution in [1.29, 1.82) is 0 Å². The second-order valence-electron chi connectivity index (χ2n) is 9.97. The van der Waals surface area contributed by atoms with Crippen LogP contribution < -0.4 is 5.32 Å². The number of nitrogens with one attached hydrogen (secondary N) is 1. The Hall–Kier alpha value is -1.81. The van der Waals surface area contributed by atoms with E-state index in [2.05, 4.69) is 87.0 Å². The van der Waals surface area contributed by atoms with Crippen LogP contribution in [0.3, 0.4) is 0 Å². The molecule has 4 heteroatoms. The lowest BCUT2D eigenvalue weighted by Gasteiger charge is -2.53. The number of hydrogen-bond acceptors (Lipinski definition) is 3. The maximum Gasteiger partial charge on any atom is 0.0930 e. The van der Waals surface area contributed by atoms with Crippen LogP contribution in [0, 0.1) is 5.92 Å². The summed E-state index contributed by atoms with van der Waals surface area (Å²) < 4.78 is 2.23. The van der Waals surface area contributed by atoms with E-state index < -0.39 is 0 Å². The second-order valence-corrected chi connectivity index (χ2v) is 9.97. The largest absolute Gasteiger partial charge is 0.385 e. The first kappa shape index (κ1) is 18.5. The molecule has 146 valence electrons. The first-order chi connectivity index (χ1) is 12.7. The molecule has 1 N–H and O–H groups in total. The molecule has 1 saturated heterocycles. The Morgan fingerprint density at radius 3 is 2.44 bits per heavy atom. The third-order valence-corrected chi connectivity index (χ3v) is 6.86. The van der Waals surface area contributed by atoms with E-state index in [0.717, 1.165) is 31.3 Å². The lowest BCUT2D eigenvalue weighted by Crippen LogP contribution is -2.58. The summed E-state index contributed by atoms with van der Waals surface area (Å²) in [4.78, 5) is 2.53. The van der Waals surface area contributed by atoms with Crippen LogP contribution in [0.2, 0.25) is 0 Å². The molecule has 1 aromatic carbocycles. The molecule has 4 nitrogen and oxygen atoms in total. The van der Waals surface area contributed by atoms with Crippen LogP contribution >= 0.6 is 0 Å². The Labute approximate surface area is 163 Å². The van der Waals surface area contributed by atoms with Gasteiger partial charge in [-0.1, -0.05) is 25.1 Å². The van der Waals surface area contributed by atoms with Crippen molar-refractivity contribution in [3.63, 3.8) is 0 Å². The highest BCUT2D eigenvalue weighted by atomic mass is 15.3. The van der Waals surface area contributed by atoms with Gasteiger partial charge in [0, 0.05) is 34.9 Å². The SMILES string of the molecule is C[C@H]1CC=C(c2ccc3cn(C4CC(C)(C)N(C)C(C)(C)C4)nc3c2)NC1. The molecular weight excluding hydrogens is 332 g/mol. The van der Waals surface area contributed by atoms with Crippen molar-refractivity contribution in [2.24, 2.45) is 5.92 Å². The number of rotatable bonds is 2. The van der Waals surface area contributed by atoms with Crippen LogP contribution in [0.4, 0.5) is 0 Å². The summed E-state index contributed by atoms with van der Waals surface area (Å²) >= 11 is 0. The van der Waals surface area contributed by atoms with Gasteiger partial charge in [0.1, 0.15) is 0 Å². The van der Waals surface area contributed by atoms with Gasteiger partial charge in [-0.05, 0) is 71.6 Å². The molecule has 1 fully saturated rings. The molecule has 0 amide bonds. The fourth-order valence-electron chi connectivity index (χ4n) is 4.87. The van der Waals surface area contributed by atoms with Crippen molar-refractivity contribution >= 4 is 16.6 Å². The number of hydrogen-bond donors (Lipinski definition) is 1. The fraction of sp³-hybridized carbons (Fsp3) is 0.609. The number of piperidine rings is 1. The van der Waals surface area contributed by atoms with Gasteiger partial charge in [-0.25, -0.2) is 0 Å².